The lowest BCUT2D eigenvalue weighted by Gasteiger charge is -2.21. The molecule has 0 heterocycles. The highest BCUT2D eigenvalue weighted by molar-refractivity contribution is 7.99. The van der Waals surface area contributed by atoms with Gasteiger partial charge in [0.15, 0.2) is 0 Å². The summed E-state index contributed by atoms with van der Waals surface area (Å²) < 4.78 is 0. The van der Waals surface area contributed by atoms with E-state index in [-0.39, 0.29) is 0 Å². The monoisotopic (exact) mass is 215 g/mol. The number of hydrogen-bond acceptors (Lipinski definition) is 2. The molecule has 2 N–H and O–H groups in total. The Morgan fingerprint density at radius 1 is 1.21 bits per heavy atom. The topological polar surface area (TPSA) is 26.0 Å². The van der Waals surface area contributed by atoms with Crippen LogP contribution in [0.15, 0.2) is 0 Å². The summed E-state index contributed by atoms with van der Waals surface area (Å²) in [5.41, 5.74) is 6.18. The molecule has 0 aromatic rings. The number of rotatable bonds is 4. The average Bonchev–Trinajstić information content (AvgIpc) is 2.31. The van der Waals surface area contributed by atoms with Crippen LogP contribution in [-0.2, 0) is 0 Å². The summed E-state index contributed by atoms with van der Waals surface area (Å²) in [5, 5.41) is 0.747. The fraction of sp³-hybridized carbons (Fsp3) is 1.00. The Labute approximate surface area is 93.2 Å². The molecular formula is C12H25NS. The van der Waals surface area contributed by atoms with Gasteiger partial charge in [-0.1, -0.05) is 33.1 Å². The molecule has 84 valence electrons. The standard InChI is InChI=1S/C12H25NS/c1-10(2)8-9-14-12-7-5-3-4-6-11(12)13/h10-12H,3-9,13H2,1-2H3. The van der Waals surface area contributed by atoms with E-state index in [9.17, 15) is 0 Å². The van der Waals surface area contributed by atoms with E-state index >= 15 is 0 Å². The predicted octanol–water partition coefficient (Wildman–Crippen LogP) is 3.43. The maximum Gasteiger partial charge on any atom is 0.0199 e. The van der Waals surface area contributed by atoms with Crippen molar-refractivity contribution in [3.05, 3.63) is 0 Å². The molecule has 1 rings (SSSR count). The highest BCUT2D eigenvalue weighted by atomic mass is 32.2. The molecule has 1 aliphatic rings. The molecule has 0 amide bonds. The Morgan fingerprint density at radius 3 is 2.64 bits per heavy atom. The van der Waals surface area contributed by atoms with Gasteiger partial charge in [-0.15, -0.1) is 0 Å². The van der Waals surface area contributed by atoms with Crippen LogP contribution >= 0.6 is 11.8 Å². The van der Waals surface area contributed by atoms with E-state index in [0.717, 1.165) is 11.2 Å². The minimum absolute atomic E-state index is 0.467. The van der Waals surface area contributed by atoms with E-state index < -0.39 is 0 Å². The molecule has 2 atom stereocenters. The lowest BCUT2D eigenvalue weighted by atomic mass is 10.1. The molecule has 0 radical (unpaired) electrons. The normalized spacial score (nSPS) is 29.1. The SMILES string of the molecule is CC(C)CCSC1CCCCCC1N. The summed E-state index contributed by atoms with van der Waals surface area (Å²) >= 11 is 2.12. The summed E-state index contributed by atoms with van der Waals surface area (Å²) in [6.45, 7) is 4.60. The number of nitrogens with two attached hydrogens (primary N) is 1. The van der Waals surface area contributed by atoms with Crippen LogP contribution < -0.4 is 5.73 Å². The second kappa shape index (κ2) is 6.73. The fourth-order valence-electron chi connectivity index (χ4n) is 1.96. The van der Waals surface area contributed by atoms with Gasteiger partial charge in [-0.3, -0.25) is 0 Å². The zero-order chi connectivity index (χ0) is 10.4. The van der Waals surface area contributed by atoms with Crippen molar-refractivity contribution >= 4 is 11.8 Å². The zero-order valence-electron chi connectivity index (χ0n) is 9.67. The second-order valence-electron chi connectivity index (χ2n) is 4.89. The van der Waals surface area contributed by atoms with Gasteiger partial charge >= 0.3 is 0 Å². The molecule has 0 bridgehead atoms. The van der Waals surface area contributed by atoms with Gasteiger partial charge in [-0.25, -0.2) is 0 Å². The molecule has 0 spiro atoms. The maximum absolute atomic E-state index is 6.18. The molecule has 1 aliphatic carbocycles. The van der Waals surface area contributed by atoms with Crippen LogP contribution in [0.1, 0.15) is 52.4 Å². The van der Waals surface area contributed by atoms with E-state index in [1.807, 2.05) is 0 Å². The van der Waals surface area contributed by atoms with Crippen LogP contribution in [0.25, 0.3) is 0 Å². The fourth-order valence-corrected chi connectivity index (χ4v) is 3.59. The van der Waals surface area contributed by atoms with Gasteiger partial charge in [-0.2, -0.15) is 11.8 Å². The van der Waals surface area contributed by atoms with Crippen molar-refractivity contribution in [2.45, 2.75) is 63.7 Å². The average molecular weight is 215 g/mol. The Kier molecular flexibility index (Phi) is 5.95. The first-order valence-corrected chi connectivity index (χ1v) is 7.12. The van der Waals surface area contributed by atoms with Gasteiger partial charge in [0.1, 0.15) is 0 Å². The van der Waals surface area contributed by atoms with Gasteiger partial charge in [0.2, 0.25) is 0 Å². The van der Waals surface area contributed by atoms with Crippen molar-refractivity contribution in [3.63, 3.8) is 0 Å². The van der Waals surface area contributed by atoms with Gasteiger partial charge in [0, 0.05) is 11.3 Å². The van der Waals surface area contributed by atoms with Crippen molar-refractivity contribution < 1.29 is 0 Å². The van der Waals surface area contributed by atoms with Gasteiger partial charge < -0.3 is 5.73 Å². The molecule has 0 aliphatic heterocycles. The molecule has 0 saturated heterocycles. The predicted molar refractivity (Wildman–Crippen MR) is 66.8 cm³/mol. The molecule has 0 aromatic carbocycles. The first-order chi connectivity index (χ1) is 6.70. The minimum atomic E-state index is 0.467. The Morgan fingerprint density at radius 2 is 1.93 bits per heavy atom. The van der Waals surface area contributed by atoms with Crippen LogP contribution in [-0.4, -0.2) is 17.0 Å². The van der Waals surface area contributed by atoms with Crippen LogP contribution in [0.4, 0.5) is 0 Å². The van der Waals surface area contributed by atoms with E-state index in [1.54, 1.807) is 0 Å². The van der Waals surface area contributed by atoms with E-state index in [4.69, 9.17) is 5.73 Å². The second-order valence-corrected chi connectivity index (χ2v) is 6.24. The first-order valence-electron chi connectivity index (χ1n) is 6.07. The largest absolute Gasteiger partial charge is 0.327 e. The van der Waals surface area contributed by atoms with Crippen LogP contribution in [0, 0.1) is 5.92 Å². The molecule has 0 aromatic heterocycles. The number of thioether (sulfide) groups is 1. The first kappa shape index (κ1) is 12.4. The molecule has 2 unspecified atom stereocenters. The van der Waals surface area contributed by atoms with Gasteiger partial charge in [0.25, 0.3) is 0 Å². The van der Waals surface area contributed by atoms with E-state index in [0.29, 0.717) is 6.04 Å². The van der Waals surface area contributed by atoms with Crippen molar-refractivity contribution in [3.8, 4) is 0 Å². The Balaban J connectivity index is 2.19. The van der Waals surface area contributed by atoms with Gasteiger partial charge in [-0.05, 0) is 30.9 Å². The summed E-state index contributed by atoms with van der Waals surface area (Å²) in [4.78, 5) is 0. The molecule has 1 fully saturated rings. The van der Waals surface area contributed by atoms with Crippen molar-refractivity contribution in [2.75, 3.05) is 5.75 Å². The molecule has 1 saturated carbocycles. The van der Waals surface area contributed by atoms with Crippen LogP contribution in [0.5, 0.6) is 0 Å². The van der Waals surface area contributed by atoms with Crippen LogP contribution in [0.3, 0.4) is 0 Å². The third kappa shape index (κ3) is 4.70. The van der Waals surface area contributed by atoms with Crippen molar-refractivity contribution in [2.24, 2.45) is 11.7 Å². The Bertz CT molecular complexity index is 147. The summed E-state index contributed by atoms with van der Waals surface area (Å²) in [6.07, 6.45) is 8.08. The maximum atomic E-state index is 6.18. The lowest BCUT2D eigenvalue weighted by molar-refractivity contribution is 0.591. The smallest absolute Gasteiger partial charge is 0.0199 e. The quantitative estimate of drug-likeness (QED) is 0.727. The number of hydrogen-bond donors (Lipinski definition) is 1. The van der Waals surface area contributed by atoms with E-state index in [1.165, 1.54) is 44.3 Å². The lowest BCUT2D eigenvalue weighted by Crippen LogP contribution is -2.31. The Hall–Kier alpha value is 0.310. The zero-order valence-corrected chi connectivity index (χ0v) is 10.5. The summed E-state index contributed by atoms with van der Waals surface area (Å²) in [6, 6.07) is 0.467. The summed E-state index contributed by atoms with van der Waals surface area (Å²) in [5.74, 6) is 2.14. The molecule has 2 heteroatoms. The van der Waals surface area contributed by atoms with E-state index in [2.05, 4.69) is 25.6 Å². The summed E-state index contributed by atoms with van der Waals surface area (Å²) in [7, 11) is 0. The molecular weight excluding hydrogens is 190 g/mol. The van der Waals surface area contributed by atoms with Crippen LogP contribution in [0.2, 0.25) is 0 Å². The van der Waals surface area contributed by atoms with Crippen molar-refractivity contribution in [1.29, 1.82) is 0 Å². The highest BCUT2D eigenvalue weighted by Gasteiger charge is 2.20. The van der Waals surface area contributed by atoms with Crippen molar-refractivity contribution in [1.82, 2.24) is 0 Å². The molecule has 1 nitrogen and oxygen atoms in total. The van der Waals surface area contributed by atoms with Gasteiger partial charge in [0.05, 0.1) is 0 Å². The molecule has 14 heavy (non-hydrogen) atoms. The minimum Gasteiger partial charge on any atom is -0.327 e. The third-order valence-electron chi connectivity index (χ3n) is 3.03. The third-order valence-corrected chi connectivity index (χ3v) is 4.52. The highest BCUT2D eigenvalue weighted by Crippen LogP contribution is 2.27.